The minimum Gasteiger partial charge on any atom is -0.370 e. The van der Waals surface area contributed by atoms with Crippen LogP contribution < -0.4 is 16.6 Å². The molecule has 8 heteroatoms. The van der Waals surface area contributed by atoms with Gasteiger partial charge < -0.3 is 5.32 Å². The van der Waals surface area contributed by atoms with Crippen LogP contribution in [0.2, 0.25) is 0 Å². The minimum atomic E-state index is -0.590. The molecular weight excluding hydrogens is 284 g/mol. The van der Waals surface area contributed by atoms with Crippen molar-refractivity contribution in [3.63, 3.8) is 0 Å². The quantitative estimate of drug-likeness (QED) is 0.832. The summed E-state index contributed by atoms with van der Waals surface area (Å²) >= 11 is 0. The fraction of sp³-hybridized carbons (Fsp3) is 0.429. The maximum atomic E-state index is 12.0. The number of nitrogens with one attached hydrogen (secondary N) is 1. The van der Waals surface area contributed by atoms with Gasteiger partial charge in [0.1, 0.15) is 11.9 Å². The van der Waals surface area contributed by atoms with Crippen LogP contribution in [0, 0.1) is 17.2 Å². The second-order valence-corrected chi connectivity index (χ2v) is 5.26. The zero-order valence-corrected chi connectivity index (χ0v) is 12.8. The molecule has 0 unspecified atom stereocenters. The number of hydrogen-bond acceptors (Lipinski definition) is 5. The number of rotatable bonds is 5. The van der Waals surface area contributed by atoms with Gasteiger partial charge >= 0.3 is 5.69 Å². The lowest BCUT2D eigenvalue weighted by Crippen LogP contribution is -2.40. The van der Waals surface area contributed by atoms with Crippen LogP contribution in [0.5, 0.6) is 0 Å². The van der Waals surface area contributed by atoms with Crippen molar-refractivity contribution in [1.82, 2.24) is 18.9 Å². The van der Waals surface area contributed by atoms with Crippen molar-refractivity contribution in [2.75, 3.05) is 11.9 Å². The van der Waals surface area contributed by atoms with Crippen LogP contribution >= 0.6 is 0 Å². The van der Waals surface area contributed by atoms with E-state index in [2.05, 4.69) is 10.4 Å². The lowest BCUT2D eigenvalue weighted by Gasteiger charge is -2.17. The van der Waals surface area contributed by atoms with Gasteiger partial charge in [0.2, 0.25) is 0 Å². The maximum absolute atomic E-state index is 12.0. The number of anilines is 1. The monoisotopic (exact) mass is 302 g/mol. The smallest absolute Gasteiger partial charge is 0.332 e. The molecule has 2 heterocycles. The highest BCUT2D eigenvalue weighted by atomic mass is 16.2. The molecule has 0 aliphatic rings. The van der Waals surface area contributed by atoms with Crippen molar-refractivity contribution in [1.29, 1.82) is 5.26 Å². The summed E-state index contributed by atoms with van der Waals surface area (Å²) in [5, 5.41) is 16.3. The van der Waals surface area contributed by atoms with Gasteiger partial charge in [-0.05, 0) is 12.0 Å². The highest BCUT2D eigenvalue weighted by molar-refractivity contribution is 5.51. The molecule has 0 amide bonds. The third kappa shape index (κ3) is 2.93. The summed E-state index contributed by atoms with van der Waals surface area (Å²) in [6.45, 7) is 3.22. The zero-order chi connectivity index (χ0) is 16.3. The lowest BCUT2D eigenvalue weighted by atomic mass is 10.2. The molecule has 0 aliphatic carbocycles. The molecule has 1 atom stereocenters. The van der Waals surface area contributed by atoms with E-state index in [9.17, 15) is 14.9 Å². The summed E-state index contributed by atoms with van der Waals surface area (Å²) in [7, 11) is 2.89. The van der Waals surface area contributed by atoms with Gasteiger partial charge in [-0.3, -0.25) is 18.6 Å². The van der Waals surface area contributed by atoms with Crippen LogP contribution in [0.3, 0.4) is 0 Å². The lowest BCUT2D eigenvalue weighted by molar-refractivity contribution is 0.466. The fourth-order valence-electron chi connectivity index (χ4n) is 2.22. The van der Waals surface area contributed by atoms with Gasteiger partial charge in [0.05, 0.1) is 0 Å². The SMILES string of the molecule is C[C@H](CNc1c(C#N)c(=O)n(C)c(=O)n1C)Cn1cccn1. The largest absolute Gasteiger partial charge is 0.370 e. The molecule has 0 radical (unpaired) electrons. The van der Waals surface area contributed by atoms with Gasteiger partial charge in [-0.2, -0.15) is 10.4 Å². The Morgan fingerprint density at radius 1 is 1.36 bits per heavy atom. The third-order valence-corrected chi connectivity index (χ3v) is 3.45. The molecule has 116 valence electrons. The summed E-state index contributed by atoms with van der Waals surface area (Å²) in [6.07, 6.45) is 3.57. The Bertz CT molecular complexity index is 810. The van der Waals surface area contributed by atoms with Crippen molar-refractivity contribution in [3.8, 4) is 6.07 Å². The van der Waals surface area contributed by atoms with Crippen LogP contribution in [0.25, 0.3) is 0 Å². The standard InChI is InChI=1S/C14H18N6O2/c1-10(9-20-6-4-5-17-20)8-16-12-11(7-15)13(21)19(3)14(22)18(12)2/h4-6,10,16H,8-9H2,1-3H3/t10-/m1/s1. The molecule has 8 nitrogen and oxygen atoms in total. The van der Waals surface area contributed by atoms with E-state index < -0.39 is 11.2 Å². The van der Waals surface area contributed by atoms with E-state index in [1.54, 1.807) is 10.9 Å². The maximum Gasteiger partial charge on any atom is 0.332 e. The second kappa shape index (κ2) is 6.30. The van der Waals surface area contributed by atoms with Crippen LogP contribution in [0.1, 0.15) is 12.5 Å². The van der Waals surface area contributed by atoms with E-state index in [0.29, 0.717) is 13.1 Å². The van der Waals surface area contributed by atoms with E-state index in [1.807, 2.05) is 25.3 Å². The molecule has 0 fully saturated rings. The van der Waals surface area contributed by atoms with Gasteiger partial charge in [-0.25, -0.2) is 4.79 Å². The number of nitriles is 1. The summed E-state index contributed by atoms with van der Waals surface area (Å²) < 4.78 is 4.01. The first-order chi connectivity index (χ1) is 10.5. The van der Waals surface area contributed by atoms with Crippen molar-refractivity contribution in [2.24, 2.45) is 20.0 Å². The van der Waals surface area contributed by atoms with Gasteiger partial charge in [-0.15, -0.1) is 0 Å². The van der Waals surface area contributed by atoms with Gasteiger partial charge in [0.15, 0.2) is 5.56 Å². The summed E-state index contributed by atoms with van der Waals surface area (Å²) in [5.41, 5.74) is -1.12. The Morgan fingerprint density at radius 3 is 2.68 bits per heavy atom. The van der Waals surface area contributed by atoms with E-state index >= 15 is 0 Å². The number of aromatic nitrogens is 4. The molecule has 0 saturated carbocycles. The summed E-state index contributed by atoms with van der Waals surface area (Å²) in [6, 6.07) is 3.71. The Labute approximate surface area is 127 Å². The third-order valence-electron chi connectivity index (χ3n) is 3.45. The van der Waals surface area contributed by atoms with Gasteiger partial charge in [0.25, 0.3) is 5.56 Å². The Balaban J connectivity index is 2.21. The first-order valence-electron chi connectivity index (χ1n) is 6.87. The molecule has 0 saturated heterocycles. The predicted molar refractivity (Wildman–Crippen MR) is 81.5 cm³/mol. The molecule has 2 rings (SSSR count). The average Bonchev–Trinajstić information content (AvgIpc) is 3.00. The van der Waals surface area contributed by atoms with E-state index in [-0.39, 0.29) is 17.3 Å². The first-order valence-corrected chi connectivity index (χ1v) is 6.87. The predicted octanol–water partition coefficient (Wildman–Crippen LogP) is -0.0996. The average molecular weight is 302 g/mol. The van der Waals surface area contributed by atoms with Crippen LogP contribution in [0.4, 0.5) is 5.82 Å². The van der Waals surface area contributed by atoms with Gasteiger partial charge in [-0.1, -0.05) is 6.92 Å². The Hall–Kier alpha value is -2.82. The molecule has 0 spiro atoms. The Morgan fingerprint density at radius 2 is 2.09 bits per heavy atom. The zero-order valence-electron chi connectivity index (χ0n) is 12.8. The van der Waals surface area contributed by atoms with E-state index in [4.69, 9.17) is 0 Å². The summed E-state index contributed by atoms with van der Waals surface area (Å²) in [4.78, 5) is 23.9. The van der Waals surface area contributed by atoms with Gasteiger partial charge in [0, 0.05) is 39.6 Å². The number of nitrogens with zero attached hydrogens (tertiary/aromatic N) is 5. The molecule has 1 N–H and O–H groups in total. The van der Waals surface area contributed by atoms with Crippen LogP contribution in [-0.4, -0.2) is 25.5 Å². The molecule has 2 aromatic heterocycles. The van der Waals surface area contributed by atoms with Crippen molar-refractivity contribution in [3.05, 3.63) is 44.9 Å². The molecule has 0 aromatic carbocycles. The Kier molecular flexibility index (Phi) is 4.46. The highest BCUT2D eigenvalue weighted by Crippen LogP contribution is 2.09. The van der Waals surface area contributed by atoms with Crippen LogP contribution in [-0.2, 0) is 20.6 Å². The molecule has 2 aromatic rings. The van der Waals surface area contributed by atoms with Crippen molar-refractivity contribution in [2.45, 2.75) is 13.5 Å². The van der Waals surface area contributed by atoms with E-state index in [0.717, 1.165) is 4.57 Å². The summed E-state index contributed by atoms with van der Waals surface area (Å²) in [5.74, 6) is 0.452. The molecule has 22 heavy (non-hydrogen) atoms. The van der Waals surface area contributed by atoms with Crippen molar-refractivity contribution < 1.29 is 0 Å². The molecule has 0 aliphatic heterocycles. The number of hydrogen-bond donors (Lipinski definition) is 1. The minimum absolute atomic E-state index is 0.0594. The fourth-order valence-corrected chi connectivity index (χ4v) is 2.22. The highest BCUT2D eigenvalue weighted by Gasteiger charge is 2.15. The second-order valence-electron chi connectivity index (χ2n) is 5.26. The molecular formula is C14H18N6O2. The normalized spacial score (nSPS) is 11.9. The topological polar surface area (TPSA) is 97.6 Å². The molecule has 0 bridgehead atoms. The first kappa shape index (κ1) is 15.6. The van der Waals surface area contributed by atoms with Crippen LogP contribution in [0.15, 0.2) is 28.0 Å². The van der Waals surface area contributed by atoms with Crippen molar-refractivity contribution >= 4 is 5.82 Å². The van der Waals surface area contributed by atoms with E-state index in [1.165, 1.54) is 18.7 Å².